The Morgan fingerprint density at radius 2 is 1.71 bits per heavy atom. The van der Waals surface area contributed by atoms with E-state index in [1.165, 1.54) is 38.1 Å². The number of aliphatic hydroxyl groups is 1. The molecule has 0 saturated heterocycles. The van der Waals surface area contributed by atoms with Crippen molar-refractivity contribution < 1.29 is 23.4 Å². The van der Waals surface area contributed by atoms with Crippen LogP contribution >= 0.6 is 0 Å². The Morgan fingerprint density at radius 3 is 2.06 bits per heavy atom. The number of aliphatic hydroxyl groups excluding tert-OH is 1. The Labute approximate surface area is 99.6 Å². The molecule has 0 heterocycles. The predicted molar refractivity (Wildman–Crippen MR) is 61.8 cm³/mol. The normalized spacial score (nSPS) is 12.4. The van der Waals surface area contributed by atoms with E-state index >= 15 is 0 Å². The first-order valence-electron chi connectivity index (χ1n) is 4.91. The molecule has 0 aliphatic carbocycles. The molecule has 0 aliphatic heterocycles. The van der Waals surface area contributed by atoms with Gasteiger partial charge in [-0.3, -0.25) is 0 Å². The molecule has 0 amide bonds. The number of rotatable bonds is 4. The Bertz CT molecular complexity index is 513. The Morgan fingerprint density at radius 1 is 1.24 bits per heavy atom. The van der Waals surface area contributed by atoms with Gasteiger partial charge in [-0.15, -0.1) is 0 Å². The standard InChI is InChI=1S/C11H14O5S/c1-11(2,7-12)17(15,16)9-5-3-8(4-6-9)10(13)14/h3-6,12H,7H2,1-2H3,(H,13,14). The summed E-state index contributed by atoms with van der Waals surface area (Å²) in [5, 5.41) is 17.8. The molecule has 1 rings (SSSR count). The topological polar surface area (TPSA) is 91.7 Å². The van der Waals surface area contributed by atoms with Crippen LogP contribution in [-0.2, 0) is 9.84 Å². The van der Waals surface area contributed by atoms with Gasteiger partial charge in [0.05, 0.1) is 21.8 Å². The zero-order valence-electron chi connectivity index (χ0n) is 9.54. The molecule has 1 aromatic rings. The zero-order chi connectivity index (χ0) is 13.3. The minimum Gasteiger partial charge on any atom is -0.478 e. The van der Waals surface area contributed by atoms with Crippen LogP contribution in [0.3, 0.4) is 0 Å². The SMILES string of the molecule is CC(C)(CO)S(=O)(=O)c1ccc(C(=O)O)cc1. The molecule has 6 heteroatoms. The van der Waals surface area contributed by atoms with E-state index in [-0.39, 0.29) is 10.5 Å². The van der Waals surface area contributed by atoms with Crippen LogP contribution in [0.1, 0.15) is 24.2 Å². The Hall–Kier alpha value is -1.40. The third kappa shape index (κ3) is 2.48. The molecule has 0 saturated carbocycles. The van der Waals surface area contributed by atoms with E-state index in [0.717, 1.165) is 0 Å². The Kier molecular flexibility index (Phi) is 3.59. The van der Waals surface area contributed by atoms with Gasteiger partial charge in [-0.2, -0.15) is 0 Å². The lowest BCUT2D eigenvalue weighted by atomic mass is 10.2. The third-order valence-corrected chi connectivity index (χ3v) is 5.00. The first-order chi connectivity index (χ1) is 7.72. The van der Waals surface area contributed by atoms with Crippen LogP contribution in [0, 0.1) is 0 Å². The molecule has 94 valence electrons. The van der Waals surface area contributed by atoms with E-state index in [0.29, 0.717) is 0 Å². The highest BCUT2D eigenvalue weighted by atomic mass is 32.2. The van der Waals surface area contributed by atoms with Crippen LogP contribution in [-0.4, -0.2) is 36.0 Å². The molecular weight excluding hydrogens is 244 g/mol. The first-order valence-corrected chi connectivity index (χ1v) is 6.39. The summed E-state index contributed by atoms with van der Waals surface area (Å²) in [6.07, 6.45) is 0. The number of benzene rings is 1. The summed E-state index contributed by atoms with van der Waals surface area (Å²) in [6.45, 7) is 2.32. The number of carboxylic acids is 1. The van der Waals surface area contributed by atoms with Gasteiger partial charge < -0.3 is 10.2 Å². The van der Waals surface area contributed by atoms with Gasteiger partial charge in [0.25, 0.3) is 0 Å². The smallest absolute Gasteiger partial charge is 0.335 e. The molecule has 1 aromatic carbocycles. The molecule has 0 unspecified atom stereocenters. The van der Waals surface area contributed by atoms with Crippen molar-refractivity contribution in [1.82, 2.24) is 0 Å². The van der Waals surface area contributed by atoms with Crippen LogP contribution in [0.25, 0.3) is 0 Å². The lowest BCUT2D eigenvalue weighted by Gasteiger charge is -2.21. The summed E-state index contributed by atoms with van der Waals surface area (Å²) >= 11 is 0. The lowest BCUT2D eigenvalue weighted by Crippen LogP contribution is -2.35. The monoisotopic (exact) mass is 258 g/mol. The van der Waals surface area contributed by atoms with Crippen molar-refractivity contribution in [2.75, 3.05) is 6.61 Å². The minimum atomic E-state index is -3.67. The predicted octanol–water partition coefficient (Wildman–Crippen LogP) is 0.929. The summed E-state index contributed by atoms with van der Waals surface area (Å²) in [4.78, 5) is 10.6. The number of aromatic carboxylic acids is 1. The minimum absolute atomic E-state index is 0.00144. The first kappa shape index (κ1) is 13.7. The summed E-state index contributed by atoms with van der Waals surface area (Å²) in [6, 6.07) is 4.91. The van der Waals surface area contributed by atoms with Gasteiger partial charge in [-0.05, 0) is 38.1 Å². The average Bonchev–Trinajstić information content (AvgIpc) is 2.28. The van der Waals surface area contributed by atoms with Crippen molar-refractivity contribution in [3.8, 4) is 0 Å². The fourth-order valence-electron chi connectivity index (χ4n) is 1.18. The number of hydrogen-bond donors (Lipinski definition) is 2. The molecule has 5 nitrogen and oxygen atoms in total. The molecular formula is C11H14O5S. The fourth-order valence-corrected chi connectivity index (χ4v) is 2.48. The largest absolute Gasteiger partial charge is 0.478 e. The average molecular weight is 258 g/mol. The van der Waals surface area contributed by atoms with Crippen LogP contribution in [0.15, 0.2) is 29.2 Å². The van der Waals surface area contributed by atoms with E-state index in [1.54, 1.807) is 0 Å². The molecule has 0 fully saturated rings. The summed E-state index contributed by atoms with van der Waals surface area (Å²) < 4.78 is 22.8. The quantitative estimate of drug-likeness (QED) is 0.838. The van der Waals surface area contributed by atoms with Gasteiger partial charge in [0.15, 0.2) is 9.84 Å². The van der Waals surface area contributed by atoms with Crippen molar-refractivity contribution >= 4 is 15.8 Å². The van der Waals surface area contributed by atoms with Gasteiger partial charge in [-0.25, -0.2) is 13.2 Å². The van der Waals surface area contributed by atoms with Crippen molar-refractivity contribution in [3.05, 3.63) is 29.8 Å². The van der Waals surface area contributed by atoms with E-state index < -0.39 is 27.2 Å². The van der Waals surface area contributed by atoms with Gasteiger partial charge in [0.1, 0.15) is 0 Å². The van der Waals surface area contributed by atoms with Crippen molar-refractivity contribution in [3.63, 3.8) is 0 Å². The van der Waals surface area contributed by atoms with E-state index in [2.05, 4.69) is 0 Å². The van der Waals surface area contributed by atoms with Crippen LogP contribution in [0.4, 0.5) is 0 Å². The summed E-state index contributed by atoms with van der Waals surface area (Å²) in [5.74, 6) is -1.12. The molecule has 0 radical (unpaired) electrons. The van der Waals surface area contributed by atoms with Crippen LogP contribution < -0.4 is 0 Å². The van der Waals surface area contributed by atoms with E-state index in [1.807, 2.05) is 0 Å². The fraction of sp³-hybridized carbons (Fsp3) is 0.364. The molecule has 0 bridgehead atoms. The van der Waals surface area contributed by atoms with E-state index in [9.17, 15) is 13.2 Å². The second-order valence-corrected chi connectivity index (χ2v) is 6.83. The number of carboxylic acid groups (broad SMARTS) is 1. The van der Waals surface area contributed by atoms with Crippen LogP contribution in [0.2, 0.25) is 0 Å². The maximum Gasteiger partial charge on any atom is 0.335 e. The van der Waals surface area contributed by atoms with Crippen LogP contribution in [0.5, 0.6) is 0 Å². The third-order valence-electron chi connectivity index (χ3n) is 2.52. The Balaban J connectivity index is 3.22. The molecule has 17 heavy (non-hydrogen) atoms. The highest BCUT2D eigenvalue weighted by Gasteiger charge is 2.35. The molecule has 0 spiro atoms. The highest BCUT2D eigenvalue weighted by Crippen LogP contribution is 2.25. The second kappa shape index (κ2) is 4.46. The van der Waals surface area contributed by atoms with Gasteiger partial charge in [-0.1, -0.05) is 0 Å². The summed E-state index contributed by atoms with van der Waals surface area (Å²) in [7, 11) is -3.67. The van der Waals surface area contributed by atoms with Gasteiger partial charge in [0, 0.05) is 0 Å². The molecule has 2 N–H and O–H groups in total. The van der Waals surface area contributed by atoms with Gasteiger partial charge in [0.2, 0.25) is 0 Å². The zero-order valence-corrected chi connectivity index (χ0v) is 10.4. The number of hydrogen-bond acceptors (Lipinski definition) is 4. The number of carbonyl (C=O) groups is 1. The maximum absolute atomic E-state index is 12.1. The molecule has 0 aromatic heterocycles. The number of sulfone groups is 1. The van der Waals surface area contributed by atoms with E-state index in [4.69, 9.17) is 10.2 Å². The lowest BCUT2D eigenvalue weighted by molar-refractivity contribution is 0.0696. The second-order valence-electron chi connectivity index (χ2n) is 4.25. The summed E-state index contributed by atoms with van der Waals surface area (Å²) in [5.41, 5.74) is 0.0192. The maximum atomic E-state index is 12.1. The van der Waals surface area contributed by atoms with Crippen molar-refractivity contribution in [2.24, 2.45) is 0 Å². The highest BCUT2D eigenvalue weighted by molar-refractivity contribution is 7.92. The van der Waals surface area contributed by atoms with Crippen molar-refractivity contribution in [2.45, 2.75) is 23.5 Å². The van der Waals surface area contributed by atoms with Crippen molar-refractivity contribution in [1.29, 1.82) is 0 Å². The van der Waals surface area contributed by atoms with Gasteiger partial charge >= 0.3 is 5.97 Å². The molecule has 0 aliphatic rings. The molecule has 0 atom stereocenters.